The summed E-state index contributed by atoms with van der Waals surface area (Å²) >= 11 is 13.6. The first-order valence-electron chi connectivity index (χ1n) is 25.1. The summed E-state index contributed by atoms with van der Waals surface area (Å²) in [5, 5.41) is 33.8. The van der Waals surface area contributed by atoms with Gasteiger partial charge in [0.1, 0.15) is 0 Å². The van der Waals surface area contributed by atoms with Crippen LogP contribution < -0.4 is 0 Å². The van der Waals surface area contributed by atoms with Gasteiger partial charge in [-0.15, -0.1) is 0 Å². The van der Waals surface area contributed by atoms with E-state index in [1.54, 1.807) is 0 Å². The molecule has 0 fully saturated rings. The first-order chi connectivity index (χ1) is 29.1. The number of hydrogen-bond acceptors (Lipinski definition) is 10. The average molecular weight is 1010 g/mol. The SMILES string of the molecule is CCCCCCCCCCCCCCC(=O)[S-].CCCCCCCCCCCCCCC(=O)[S-].CCCCCCCCCCCCCCC(=O)[S-].OCC(CO)(CO)CO.[Ru+3]. The van der Waals surface area contributed by atoms with Crippen molar-refractivity contribution in [1.82, 2.24) is 0 Å². The van der Waals surface area contributed by atoms with Crippen molar-refractivity contribution >= 4 is 53.2 Å². The molecule has 0 aromatic carbocycles. The summed E-state index contributed by atoms with van der Waals surface area (Å²) in [6, 6.07) is 0. The molecule has 1 radical (unpaired) electrons. The molecule has 61 heavy (non-hydrogen) atoms. The second-order valence-electron chi connectivity index (χ2n) is 17.2. The van der Waals surface area contributed by atoms with E-state index in [0.717, 1.165) is 19.3 Å². The molecule has 0 aliphatic heterocycles. The molecule has 4 N–H and O–H groups in total. The Morgan fingerprint density at radius 2 is 0.426 bits per heavy atom. The summed E-state index contributed by atoms with van der Waals surface area (Å²) in [7, 11) is 0. The third kappa shape index (κ3) is 69.3. The predicted octanol–water partition coefficient (Wildman–Crippen LogP) is 13.4. The van der Waals surface area contributed by atoms with E-state index in [9.17, 15) is 14.4 Å². The van der Waals surface area contributed by atoms with Crippen molar-refractivity contribution in [2.24, 2.45) is 5.41 Å². The fraction of sp³-hybridized carbons (Fsp3) is 0.940. The Hall–Kier alpha value is 0.133. The molecule has 0 aromatic heterocycles. The maximum absolute atomic E-state index is 10.5. The summed E-state index contributed by atoms with van der Waals surface area (Å²) in [5.41, 5.74) is -1.11. The maximum atomic E-state index is 10.5. The quantitative estimate of drug-likeness (QED) is 0.0266. The van der Waals surface area contributed by atoms with Crippen molar-refractivity contribution < 1.29 is 54.3 Å². The van der Waals surface area contributed by atoms with Crippen LogP contribution in [0.4, 0.5) is 0 Å². The Morgan fingerprint density at radius 1 is 0.295 bits per heavy atom. The van der Waals surface area contributed by atoms with E-state index in [2.05, 4.69) is 58.7 Å². The molecular weight excluding hydrogens is 910 g/mol. The van der Waals surface area contributed by atoms with Crippen LogP contribution in [0.5, 0.6) is 0 Å². The van der Waals surface area contributed by atoms with Crippen molar-refractivity contribution in [2.75, 3.05) is 26.4 Å². The first-order valence-corrected chi connectivity index (χ1v) is 26.3. The van der Waals surface area contributed by atoms with Crippen LogP contribution >= 0.6 is 0 Å². The van der Waals surface area contributed by atoms with Crippen LogP contribution in [0.25, 0.3) is 0 Å². The van der Waals surface area contributed by atoms with E-state index >= 15 is 0 Å². The molecular formula is C50H99O7RuS3. The molecule has 0 saturated carbocycles. The summed E-state index contributed by atoms with van der Waals surface area (Å²) in [6.45, 7) is 5.17. The van der Waals surface area contributed by atoms with E-state index in [1.807, 2.05) is 0 Å². The van der Waals surface area contributed by atoms with Gasteiger partial charge in [0.05, 0.1) is 31.8 Å². The summed E-state index contributed by atoms with van der Waals surface area (Å²) in [5.74, 6) is 0. The fourth-order valence-electron chi connectivity index (χ4n) is 6.63. The molecule has 0 aromatic rings. The number of hydrogen-bond donors (Lipinski definition) is 4. The zero-order valence-electron chi connectivity index (χ0n) is 40.0. The van der Waals surface area contributed by atoms with E-state index in [-0.39, 0.29) is 34.8 Å². The minimum absolute atomic E-state index is 0. The van der Waals surface area contributed by atoms with Crippen molar-refractivity contribution in [3.8, 4) is 0 Å². The van der Waals surface area contributed by atoms with Crippen molar-refractivity contribution in [1.29, 1.82) is 0 Å². The molecule has 0 unspecified atom stereocenters. The zero-order chi connectivity index (χ0) is 45.6. The molecule has 0 saturated heterocycles. The number of unbranched alkanes of at least 4 members (excludes halogenated alkanes) is 33. The number of aliphatic hydroxyl groups is 4. The van der Waals surface area contributed by atoms with Gasteiger partial charge in [0.2, 0.25) is 0 Å². The maximum Gasteiger partial charge on any atom is 3.00 e. The molecule has 367 valence electrons. The molecule has 0 rings (SSSR count). The van der Waals surface area contributed by atoms with Gasteiger partial charge in [-0.25, -0.2) is 0 Å². The van der Waals surface area contributed by atoms with Gasteiger partial charge in [-0.2, -0.15) is 0 Å². The van der Waals surface area contributed by atoms with Gasteiger partial charge < -0.3 is 72.7 Å². The fourth-order valence-corrected chi connectivity index (χ4v) is 7.06. The second kappa shape index (κ2) is 62.2. The van der Waals surface area contributed by atoms with Crippen molar-refractivity contribution in [3.63, 3.8) is 0 Å². The van der Waals surface area contributed by atoms with Gasteiger partial charge in [0, 0.05) is 15.3 Å². The van der Waals surface area contributed by atoms with Crippen molar-refractivity contribution in [2.45, 2.75) is 271 Å². The zero-order valence-corrected chi connectivity index (χ0v) is 44.2. The molecule has 11 heteroatoms. The normalized spacial score (nSPS) is 10.7. The standard InChI is InChI=1S/3C15H30OS.C5H12O4.Ru/c3*1-2-3-4-5-6-7-8-9-10-11-12-13-14-15(16)17;6-1-5(2-7,3-8)4-9;/h3*2-14H2,1H3,(H,16,17);6-9H,1-4H2;/q;;;;+3/p-3. The van der Waals surface area contributed by atoms with E-state index in [0.29, 0.717) is 19.3 Å². The number of aliphatic hydroxyl groups excluding tert-OH is 4. The number of carbonyl (C=O) groups excluding carboxylic acids is 3. The third-order valence-corrected chi connectivity index (χ3v) is 11.7. The molecule has 0 heterocycles. The average Bonchev–Trinajstić information content (AvgIpc) is 3.23. The van der Waals surface area contributed by atoms with Crippen LogP contribution in [0.15, 0.2) is 0 Å². The largest absolute Gasteiger partial charge is 3.00 e. The summed E-state index contributed by atoms with van der Waals surface area (Å²) in [4.78, 5) is 31.6. The molecule has 0 aliphatic rings. The molecule has 0 amide bonds. The Bertz CT molecular complexity index is 742. The van der Waals surface area contributed by atoms with Gasteiger partial charge in [-0.1, -0.05) is 233 Å². The van der Waals surface area contributed by atoms with Crippen LogP contribution in [-0.2, 0) is 71.7 Å². The third-order valence-electron chi connectivity index (χ3n) is 11.0. The Morgan fingerprint density at radius 3 is 0.525 bits per heavy atom. The smallest absolute Gasteiger partial charge is 0.742 e. The van der Waals surface area contributed by atoms with Gasteiger partial charge in [-0.05, 0) is 38.5 Å². The topological polar surface area (TPSA) is 132 Å². The van der Waals surface area contributed by atoms with Gasteiger partial charge in [0.25, 0.3) is 0 Å². The number of carbonyl (C=O) groups is 3. The van der Waals surface area contributed by atoms with Crippen LogP contribution in [0, 0.1) is 5.41 Å². The molecule has 0 spiro atoms. The van der Waals surface area contributed by atoms with Gasteiger partial charge in [0.15, 0.2) is 0 Å². The van der Waals surface area contributed by atoms with Crippen LogP contribution in [0.2, 0.25) is 0 Å². The second-order valence-corrected chi connectivity index (χ2v) is 18.5. The Labute approximate surface area is 408 Å². The van der Waals surface area contributed by atoms with E-state index in [1.165, 1.54) is 212 Å². The van der Waals surface area contributed by atoms with E-state index in [4.69, 9.17) is 20.4 Å². The summed E-state index contributed by atoms with van der Waals surface area (Å²) in [6.07, 6.45) is 49.7. The molecule has 0 bridgehead atoms. The van der Waals surface area contributed by atoms with Crippen LogP contribution in [0.1, 0.15) is 271 Å². The molecule has 0 aliphatic carbocycles. The van der Waals surface area contributed by atoms with Crippen molar-refractivity contribution in [3.05, 3.63) is 0 Å². The molecule has 7 nitrogen and oxygen atoms in total. The molecule has 0 atom stereocenters. The van der Waals surface area contributed by atoms with Crippen LogP contribution in [0.3, 0.4) is 0 Å². The monoisotopic (exact) mass is 1010 g/mol. The first kappa shape index (κ1) is 70.2. The predicted molar refractivity (Wildman–Crippen MR) is 265 cm³/mol. The minimum atomic E-state index is -1.11. The Kier molecular flexibility index (Phi) is 71.6. The van der Waals surface area contributed by atoms with Crippen LogP contribution in [-0.4, -0.2) is 62.2 Å². The number of rotatable bonds is 43. The summed E-state index contributed by atoms with van der Waals surface area (Å²) < 4.78 is 0. The Balaban J connectivity index is -0.000000232. The minimum Gasteiger partial charge on any atom is -0.742 e. The van der Waals surface area contributed by atoms with E-state index < -0.39 is 31.8 Å². The van der Waals surface area contributed by atoms with Gasteiger partial charge in [-0.3, -0.25) is 0 Å². The van der Waals surface area contributed by atoms with Gasteiger partial charge >= 0.3 is 19.5 Å².